The molecule has 1 aliphatic rings. The van der Waals surface area contributed by atoms with E-state index in [4.69, 9.17) is 9.47 Å². The van der Waals surface area contributed by atoms with Crippen molar-refractivity contribution in [2.24, 2.45) is 5.92 Å². The lowest BCUT2D eigenvalue weighted by Gasteiger charge is -2.16. The van der Waals surface area contributed by atoms with E-state index in [2.05, 4.69) is 20.3 Å². The number of imidazole rings is 1. The number of benzene rings is 1. The lowest BCUT2D eigenvalue weighted by Crippen LogP contribution is -2.30. The fraction of sp³-hybridized carbons (Fsp3) is 0.381. The van der Waals surface area contributed by atoms with Crippen molar-refractivity contribution in [3.8, 4) is 0 Å². The molecule has 3 N–H and O–H groups in total. The van der Waals surface area contributed by atoms with Crippen LogP contribution in [0.5, 0.6) is 0 Å². The van der Waals surface area contributed by atoms with E-state index in [1.165, 1.54) is 10.9 Å². The van der Waals surface area contributed by atoms with Gasteiger partial charge in [0.25, 0.3) is 5.56 Å². The van der Waals surface area contributed by atoms with Gasteiger partial charge in [-0.15, -0.1) is 0 Å². The second-order valence-electron chi connectivity index (χ2n) is 7.74. The third kappa shape index (κ3) is 4.25. The number of aliphatic hydroxyl groups is 1. The molecule has 1 fully saturated rings. The zero-order chi connectivity index (χ0) is 22.8. The van der Waals surface area contributed by atoms with Gasteiger partial charge in [0.15, 0.2) is 11.2 Å². The van der Waals surface area contributed by atoms with Crippen LogP contribution in [-0.4, -0.2) is 55.3 Å². The van der Waals surface area contributed by atoms with E-state index in [-0.39, 0.29) is 42.0 Å². The van der Waals surface area contributed by atoms with Gasteiger partial charge in [0.2, 0.25) is 11.9 Å². The van der Waals surface area contributed by atoms with Crippen molar-refractivity contribution in [1.29, 1.82) is 0 Å². The van der Waals surface area contributed by atoms with Gasteiger partial charge >= 0.3 is 5.97 Å². The molecule has 1 saturated heterocycles. The molecule has 0 bridgehead atoms. The molecule has 3 unspecified atom stereocenters. The molecule has 4 rings (SSSR count). The largest absolute Gasteiger partial charge is 0.456 e. The van der Waals surface area contributed by atoms with Crippen LogP contribution in [0, 0.1) is 5.92 Å². The number of carbonyl (C=O) groups excluding carboxylic acids is 2. The molecule has 11 nitrogen and oxygen atoms in total. The number of aromatic nitrogens is 4. The van der Waals surface area contributed by atoms with E-state index in [1.54, 1.807) is 44.2 Å². The summed E-state index contributed by atoms with van der Waals surface area (Å²) in [4.78, 5) is 47.7. The first-order valence-corrected chi connectivity index (χ1v) is 10.2. The highest BCUT2D eigenvalue weighted by Crippen LogP contribution is 2.32. The quantitative estimate of drug-likeness (QED) is 0.484. The van der Waals surface area contributed by atoms with E-state index in [0.29, 0.717) is 5.56 Å². The number of esters is 1. The SMILES string of the molecule is CC(C)C(=O)Nc1nc2c(ncn2C2CC(OC(=O)c3ccccc3)C(CO)O2)c(=O)[nH]1. The Bertz CT molecular complexity index is 1190. The van der Waals surface area contributed by atoms with Crippen LogP contribution in [0.4, 0.5) is 5.95 Å². The van der Waals surface area contributed by atoms with Crippen LogP contribution in [0.3, 0.4) is 0 Å². The summed E-state index contributed by atoms with van der Waals surface area (Å²) < 4.78 is 13.0. The predicted octanol–water partition coefficient (Wildman–Crippen LogP) is 1.22. The third-order valence-corrected chi connectivity index (χ3v) is 5.14. The molecule has 1 amide bonds. The fourth-order valence-electron chi connectivity index (χ4n) is 3.40. The molecular formula is C21H23N5O6. The Labute approximate surface area is 182 Å². The Kier molecular flexibility index (Phi) is 6.01. The standard InChI is InChI=1S/C21H23N5O6/c1-11(2)18(28)24-21-23-17-16(19(29)25-21)22-10-26(17)15-8-13(14(9-27)31-15)32-20(30)12-6-4-3-5-7-12/h3-7,10-11,13-15,27H,8-9H2,1-2H3,(H2,23,24,25,28,29). The Hall–Kier alpha value is -3.57. The van der Waals surface area contributed by atoms with Crippen molar-refractivity contribution >= 4 is 29.0 Å². The molecule has 11 heteroatoms. The van der Waals surface area contributed by atoms with E-state index in [0.717, 1.165) is 0 Å². The molecule has 3 atom stereocenters. The second-order valence-corrected chi connectivity index (χ2v) is 7.74. The van der Waals surface area contributed by atoms with Gasteiger partial charge in [0.05, 0.1) is 18.5 Å². The molecule has 0 aliphatic carbocycles. The second kappa shape index (κ2) is 8.89. The molecular weight excluding hydrogens is 418 g/mol. The van der Waals surface area contributed by atoms with Crippen molar-refractivity contribution in [2.45, 2.75) is 38.7 Å². The summed E-state index contributed by atoms with van der Waals surface area (Å²) in [5, 5.41) is 12.3. The zero-order valence-electron chi connectivity index (χ0n) is 17.5. The van der Waals surface area contributed by atoms with Crippen LogP contribution in [0.1, 0.15) is 36.9 Å². The minimum Gasteiger partial charge on any atom is -0.456 e. The molecule has 3 heterocycles. The van der Waals surface area contributed by atoms with Crippen LogP contribution >= 0.6 is 0 Å². The predicted molar refractivity (Wildman–Crippen MR) is 113 cm³/mol. The first-order valence-electron chi connectivity index (χ1n) is 10.2. The van der Waals surface area contributed by atoms with Crippen LogP contribution in [0.2, 0.25) is 0 Å². The van der Waals surface area contributed by atoms with Crippen LogP contribution < -0.4 is 10.9 Å². The van der Waals surface area contributed by atoms with Gasteiger partial charge in [0.1, 0.15) is 18.4 Å². The number of hydrogen-bond acceptors (Lipinski definition) is 8. The summed E-state index contributed by atoms with van der Waals surface area (Å²) >= 11 is 0. The fourth-order valence-corrected chi connectivity index (χ4v) is 3.40. The first kappa shape index (κ1) is 21.7. The molecule has 1 aromatic carbocycles. The Morgan fingerprint density at radius 2 is 2.09 bits per heavy atom. The van der Waals surface area contributed by atoms with Gasteiger partial charge in [-0.25, -0.2) is 9.78 Å². The molecule has 2 aromatic heterocycles. The average molecular weight is 441 g/mol. The minimum absolute atomic E-state index is 0.00768. The number of hydrogen-bond donors (Lipinski definition) is 3. The van der Waals surface area contributed by atoms with Gasteiger partial charge < -0.3 is 14.6 Å². The molecule has 3 aromatic rings. The number of ether oxygens (including phenoxy) is 2. The van der Waals surface area contributed by atoms with Gasteiger partial charge in [0, 0.05) is 12.3 Å². The first-order chi connectivity index (χ1) is 15.4. The summed E-state index contributed by atoms with van der Waals surface area (Å²) in [6, 6.07) is 8.51. The molecule has 0 radical (unpaired) electrons. The molecule has 168 valence electrons. The smallest absolute Gasteiger partial charge is 0.338 e. The van der Waals surface area contributed by atoms with E-state index < -0.39 is 30.0 Å². The Morgan fingerprint density at radius 3 is 2.78 bits per heavy atom. The summed E-state index contributed by atoms with van der Waals surface area (Å²) in [6.45, 7) is 3.07. The number of amides is 1. The number of anilines is 1. The number of rotatable bonds is 6. The Morgan fingerprint density at radius 1 is 1.34 bits per heavy atom. The van der Waals surface area contributed by atoms with E-state index in [9.17, 15) is 19.5 Å². The maximum Gasteiger partial charge on any atom is 0.338 e. The van der Waals surface area contributed by atoms with Crippen molar-refractivity contribution in [3.05, 3.63) is 52.6 Å². The third-order valence-electron chi connectivity index (χ3n) is 5.14. The number of fused-ring (bicyclic) bond motifs is 1. The number of nitrogens with zero attached hydrogens (tertiary/aromatic N) is 3. The highest BCUT2D eigenvalue weighted by molar-refractivity contribution is 5.91. The molecule has 1 aliphatic heterocycles. The zero-order valence-corrected chi connectivity index (χ0v) is 17.5. The van der Waals surface area contributed by atoms with Crippen molar-refractivity contribution in [2.75, 3.05) is 11.9 Å². The summed E-state index contributed by atoms with van der Waals surface area (Å²) in [5.74, 6) is -1.14. The van der Waals surface area contributed by atoms with Gasteiger partial charge in [-0.3, -0.25) is 24.5 Å². The van der Waals surface area contributed by atoms with Crippen molar-refractivity contribution < 1.29 is 24.2 Å². The summed E-state index contributed by atoms with van der Waals surface area (Å²) in [5.41, 5.74) is 0.141. The van der Waals surface area contributed by atoms with Crippen LogP contribution in [0.15, 0.2) is 41.5 Å². The van der Waals surface area contributed by atoms with Gasteiger partial charge in [-0.05, 0) is 12.1 Å². The summed E-state index contributed by atoms with van der Waals surface area (Å²) in [7, 11) is 0. The number of aliphatic hydroxyl groups excluding tert-OH is 1. The average Bonchev–Trinajstić information content (AvgIpc) is 3.38. The lowest BCUT2D eigenvalue weighted by atomic mass is 10.1. The Balaban J connectivity index is 1.58. The molecule has 0 spiro atoms. The van der Waals surface area contributed by atoms with E-state index >= 15 is 0 Å². The van der Waals surface area contributed by atoms with Crippen molar-refractivity contribution in [1.82, 2.24) is 19.5 Å². The maximum absolute atomic E-state index is 12.4. The van der Waals surface area contributed by atoms with E-state index in [1.807, 2.05) is 0 Å². The van der Waals surface area contributed by atoms with Crippen molar-refractivity contribution in [3.63, 3.8) is 0 Å². The monoisotopic (exact) mass is 441 g/mol. The molecule has 32 heavy (non-hydrogen) atoms. The van der Waals surface area contributed by atoms with Crippen LogP contribution in [-0.2, 0) is 14.3 Å². The minimum atomic E-state index is -0.757. The number of H-pyrrole nitrogens is 1. The number of carbonyl (C=O) groups is 2. The van der Waals surface area contributed by atoms with Gasteiger partial charge in [-0.1, -0.05) is 32.0 Å². The number of aromatic amines is 1. The van der Waals surface area contributed by atoms with Gasteiger partial charge in [-0.2, -0.15) is 4.98 Å². The van der Waals surface area contributed by atoms with Crippen LogP contribution in [0.25, 0.3) is 11.2 Å². The topological polar surface area (TPSA) is 148 Å². The summed E-state index contributed by atoms with van der Waals surface area (Å²) in [6.07, 6.45) is -0.544. The highest BCUT2D eigenvalue weighted by atomic mass is 16.6. The molecule has 0 saturated carbocycles. The normalized spacial score (nSPS) is 20.6. The highest BCUT2D eigenvalue weighted by Gasteiger charge is 2.39. The number of nitrogens with one attached hydrogen (secondary N) is 2. The lowest BCUT2D eigenvalue weighted by molar-refractivity contribution is -0.118. The maximum atomic E-state index is 12.4.